The lowest BCUT2D eigenvalue weighted by atomic mass is 10.1. The number of unbranched alkanes of at least 4 members (excludes halogenated alkanes) is 2. The molecule has 0 saturated carbocycles. The molecule has 0 N–H and O–H groups in total. The zero-order valence-corrected chi connectivity index (χ0v) is 19.2. The Hall–Kier alpha value is -4.08. The summed E-state index contributed by atoms with van der Waals surface area (Å²) >= 11 is 0. The second-order valence-corrected chi connectivity index (χ2v) is 7.17. The summed E-state index contributed by atoms with van der Waals surface area (Å²) in [7, 11) is 0. The largest absolute Gasteiger partial charge is 0.511 e. The van der Waals surface area contributed by atoms with Gasteiger partial charge in [0.1, 0.15) is 13.2 Å². The van der Waals surface area contributed by atoms with Crippen LogP contribution in [0.3, 0.4) is 0 Å². The van der Waals surface area contributed by atoms with Crippen molar-refractivity contribution >= 4 is 24.2 Å². The normalized spacial score (nSPS) is 10.1. The van der Waals surface area contributed by atoms with Crippen molar-refractivity contribution in [3.05, 3.63) is 71.8 Å². The van der Waals surface area contributed by atoms with Gasteiger partial charge < -0.3 is 28.4 Å². The molecule has 10 nitrogen and oxygen atoms in total. The van der Waals surface area contributed by atoms with Crippen molar-refractivity contribution in [3.8, 4) is 0 Å². The van der Waals surface area contributed by atoms with Crippen LogP contribution in [0.1, 0.15) is 43.2 Å². The maximum atomic E-state index is 11.6. The van der Waals surface area contributed by atoms with Crippen LogP contribution in [0.2, 0.25) is 0 Å². The maximum absolute atomic E-state index is 11.6. The molecular weight excluding hydrogens is 460 g/mol. The van der Waals surface area contributed by atoms with Crippen LogP contribution in [0.4, 0.5) is 9.59 Å². The van der Waals surface area contributed by atoms with Crippen LogP contribution >= 0.6 is 0 Å². The minimum Gasteiger partial charge on any atom is -0.429 e. The van der Waals surface area contributed by atoms with Crippen molar-refractivity contribution in [1.82, 2.24) is 0 Å². The molecule has 0 aliphatic carbocycles. The molecule has 0 unspecified atom stereocenters. The summed E-state index contributed by atoms with van der Waals surface area (Å²) in [6.45, 7) is -0.958. The Morgan fingerprint density at radius 1 is 0.486 bits per heavy atom. The number of hydrogen-bond donors (Lipinski definition) is 0. The van der Waals surface area contributed by atoms with Crippen molar-refractivity contribution < 1.29 is 47.6 Å². The quantitative estimate of drug-likeness (QED) is 0.161. The van der Waals surface area contributed by atoms with Gasteiger partial charge in [-0.15, -0.1) is 0 Å². The van der Waals surface area contributed by atoms with E-state index >= 15 is 0 Å². The third-order valence-electron chi connectivity index (χ3n) is 4.45. The molecule has 2 aromatic carbocycles. The van der Waals surface area contributed by atoms with Gasteiger partial charge in [-0.3, -0.25) is 9.59 Å². The van der Waals surface area contributed by atoms with Gasteiger partial charge in [0.15, 0.2) is 0 Å². The van der Waals surface area contributed by atoms with Crippen LogP contribution in [-0.4, -0.2) is 37.8 Å². The van der Waals surface area contributed by atoms with Gasteiger partial charge in [0.2, 0.25) is 13.6 Å². The van der Waals surface area contributed by atoms with Gasteiger partial charge in [-0.05, 0) is 24.0 Å². The molecule has 10 heteroatoms. The van der Waals surface area contributed by atoms with Crippen LogP contribution < -0.4 is 0 Å². The summed E-state index contributed by atoms with van der Waals surface area (Å²) in [5.41, 5.74) is 1.61. The standard InChI is InChI=1S/C25H28O10/c26-22(32-18-34-24(28)30-16-20-10-4-1-5-11-20)14-8-3-9-15-23(27)33-19-35-25(29)31-17-21-12-6-2-7-13-21/h1-2,4-7,10-13H,3,8-9,14-19H2. The van der Waals surface area contributed by atoms with E-state index in [9.17, 15) is 19.2 Å². The van der Waals surface area contributed by atoms with Crippen molar-refractivity contribution in [2.75, 3.05) is 13.6 Å². The Morgan fingerprint density at radius 3 is 1.29 bits per heavy atom. The first kappa shape index (κ1) is 27.2. The molecule has 35 heavy (non-hydrogen) atoms. The predicted molar refractivity (Wildman–Crippen MR) is 120 cm³/mol. The van der Waals surface area contributed by atoms with E-state index in [2.05, 4.69) is 9.47 Å². The minimum absolute atomic E-state index is 0.0561. The molecule has 0 heterocycles. The number of carbonyl (C=O) groups excluding carboxylic acids is 4. The van der Waals surface area contributed by atoms with Gasteiger partial charge in [-0.2, -0.15) is 0 Å². The average molecular weight is 488 g/mol. The van der Waals surface area contributed by atoms with Crippen LogP contribution in [0.5, 0.6) is 0 Å². The first-order chi connectivity index (χ1) is 17.0. The summed E-state index contributed by atoms with van der Waals surface area (Å²) in [6, 6.07) is 18.1. The Kier molecular flexibility index (Phi) is 12.8. The first-order valence-corrected chi connectivity index (χ1v) is 11.0. The number of carbonyl (C=O) groups is 4. The van der Waals surface area contributed by atoms with Crippen molar-refractivity contribution in [2.45, 2.75) is 45.3 Å². The second kappa shape index (κ2) is 16.5. The first-order valence-electron chi connectivity index (χ1n) is 11.0. The third kappa shape index (κ3) is 13.3. The zero-order chi connectivity index (χ0) is 25.1. The van der Waals surface area contributed by atoms with Gasteiger partial charge in [0.05, 0.1) is 0 Å². The number of esters is 2. The molecule has 0 aliphatic heterocycles. The number of hydrogen-bond acceptors (Lipinski definition) is 10. The Balaban J connectivity index is 1.40. The summed E-state index contributed by atoms with van der Waals surface area (Å²) < 4.78 is 28.7. The molecule has 2 aromatic rings. The smallest absolute Gasteiger partial charge is 0.429 e. The molecule has 0 aromatic heterocycles. The van der Waals surface area contributed by atoms with E-state index in [1.165, 1.54) is 0 Å². The molecule has 188 valence electrons. The third-order valence-corrected chi connectivity index (χ3v) is 4.45. The Morgan fingerprint density at radius 2 is 0.886 bits per heavy atom. The van der Waals surface area contributed by atoms with Crippen LogP contribution in [0, 0.1) is 0 Å². The average Bonchev–Trinajstić information content (AvgIpc) is 2.87. The highest BCUT2D eigenvalue weighted by Gasteiger charge is 2.10. The van der Waals surface area contributed by atoms with Gasteiger partial charge in [-0.25, -0.2) is 9.59 Å². The highest BCUT2D eigenvalue weighted by molar-refractivity contribution is 5.70. The molecule has 0 atom stereocenters. The monoisotopic (exact) mass is 488 g/mol. The topological polar surface area (TPSA) is 124 Å². The van der Waals surface area contributed by atoms with E-state index in [-0.39, 0.29) is 26.1 Å². The molecule has 0 aliphatic rings. The number of benzene rings is 2. The SMILES string of the molecule is O=C(CCCCCC(=O)OCOC(=O)OCc1ccccc1)OCOC(=O)OCc1ccccc1. The van der Waals surface area contributed by atoms with E-state index in [1.807, 2.05) is 36.4 Å². The van der Waals surface area contributed by atoms with E-state index in [1.54, 1.807) is 24.3 Å². The molecular formula is C25H28O10. The zero-order valence-electron chi connectivity index (χ0n) is 19.2. The second-order valence-electron chi connectivity index (χ2n) is 7.17. The van der Waals surface area contributed by atoms with Crippen molar-refractivity contribution in [3.63, 3.8) is 0 Å². The van der Waals surface area contributed by atoms with E-state index in [0.29, 0.717) is 19.3 Å². The number of rotatable bonds is 14. The molecule has 0 radical (unpaired) electrons. The van der Waals surface area contributed by atoms with Crippen molar-refractivity contribution in [2.24, 2.45) is 0 Å². The van der Waals surface area contributed by atoms with Gasteiger partial charge in [0.25, 0.3) is 0 Å². The summed E-state index contributed by atoms with van der Waals surface area (Å²) in [4.78, 5) is 46.2. The molecule has 0 spiro atoms. The van der Waals surface area contributed by atoms with Crippen molar-refractivity contribution in [1.29, 1.82) is 0 Å². The summed E-state index contributed by atoms with van der Waals surface area (Å²) in [5, 5.41) is 0. The predicted octanol–water partition coefficient (Wildman–Crippen LogP) is 4.65. The van der Waals surface area contributed by atoms with Crippen LogP contribution in [-0.2, 0) is 51.2 Å². The molecule has 2 rings (SSSR count). The lowest BCUT2D eigenvalue weighted by Crippen LogP contribution is -2.14. The van der Waals surface area contributed by atoms with Crippen LogP contribution in [0.25, 0.3) is 0 Å². The Labute approximate surface area is 203 Å². The van der Waals surface area contributed by atoms with Gasteiger partial charge in [0, 0.05) is 12.8 Å². The van der Waals surface area contributed by atoms with E-state index in [0.717, 1.165) is 11.1 Å². The number of ether oxygens (including phenoxy) is 6. The fraction of sp³-hybridized carbons (Fsp3) is 0.360. The fourth-order valence-electron chi connectivity index (χ4n) is 2.66. The molecule has 0 saturated heterocycles. The molecule has 0 bridgehead atoms. The highest BCUT2D eigenvalue weighted by atomic mass is 16.8. The lowest BCUT2D eigenvalue weighted by molar-refractivity contribution is -0.154. The maximum Gasteiger partial charge on any atom is 0.511 e. The summed E-state index contributed by atoms with van der Waals surface area (Å²) in [5.74, 6) is -1.07. The Bertz CT molecular complexity index is 839. The van der Waals surface area contributed by atoms with E-state index in [4.69, 9.17) is 18.9 Å². The van der Waals surface area contributed by atoms with Gasteiger partial charge >= 0.3 is 24.2 Å². The molecule has 0 amide bonds. The van der Waals surface area contributed by atoms with E-state index < -0.39 is 37.8 Å². The highest BCUT2D eigenvalue weighted by Crippen LogP contribution is 2.07. The minimum atomic E-state index is -0.936. The molecule has 0 fully saturated rings. The lowest BCUT2D eigenvalue weighted by Gasteiger charge is -2.08. The summed E-state index contributed by atoms with van der Waals surface area (Å²) in [6.07, 6.45) is -0.131. The van der Waals surface area contributed by atoms with Crippen LogP contribution in [0.15, 0.2) is 60.7 Å². The van der Waals surface area contributed by atoms with Gasteiger partial charge in [-0.1, -0.05) is 67.1 Å². The fourth-order valence-corrected chi connectivity index (χ4v) is 2.66.